The highest BCUT2D eigenvalue weighted by Crippen LogP contribution is 2.43. The van der Waals surface area contributed by atoms with Crippen molar-refractivity contribution in [1.82, 2.24) is 4.90 Å². The predicted octanol–water partition coefficient (Wildman–Crippen LogP) is 3.28. The van der Waals surface area contributed by atoms with Crippen LogP contribution in [0.3, 0.4) is 0 Å². The predicted molar refractivity (Wildman–Crippen MR) is 29.5 cm³/mol. The van der Waals surface area contributed by atoms with Crippen LogP contribution >= 0.6 is 0 Å². The number of rotatable bonds is 2. The fourth-order valence-corrected chi connectivity index (χ4v) is 0.660. The summed E-state index contributed by atoms with van der Waals surface area (Å²) >= 11 is 0. The third-order valence-electron chi connectivity index (χ3n) is 1.28. The number of hydrogen-bond donors (Lipinski definition) is 0. The van der Waals surface area contributed by atoms with E-state index in [2.05, 4.69) is 0 Å². The smallest absolute Gasteiger partial charge is 0.239 e. The fourth-order valence-electron chi connectivity index (χ4n) is 0.660. The Morgan fingerprint density at radius 2 is 1.07 bits per heavy atom. The lowest BCUT2D eigenvalue weighted by Crippen LogP contribution is -2.60. The maximum atomic E-state index is 12.3. The van der Waals surface area contributed by atoms with Crippen molar-refractivity contribution in [3.05, 3.63) is 0 Å². The summed E-state index contributed by atoms with van der Waals surface area (Å²) in [6, 6.07) is -5.70. The molecule has 0 heterocycles. The maximum absolute atomic E-state index is 12.3. The van der Waals surface area contributed by atoms with E-state index in [4.69, 9.17) is 0 Å². The monoisotopic (exact) mass is 249 g/mol. The SMILES string of the molecule is CC(F)C(F)(F)N(C(F)(F)F)C(F)(F)F. The summed E-state index contributed by atoms with van der Waals surface area (Å²) < 4.78 is 106. The Morgan fingerprint density at radius 3 is 1.13 bits per heavy atom. The van der Waals surface area contributed by atoms with Gasteiger partial charge in [-0.1, -0.05) is 4.90 Å². The Hall–Kier alpha value is -0.670. The number of hydrogen-bond acceptors (Lipinski definition) is 1. The summed E-state index contributed by atoms with van der Waals surface area (Å²) in [5.74, 6) is 0. The molecule has 92 valence electrons. The molecule has 0 saturated carbocycles. The topological polar surface area (TPSA) is 3.24 Å². The molecule has 0 N–H and O–H groups in total. The molecule has 0 aromatic carbocycles. The van der Waals surface area contributed by atoms with Gasteiger partial charge in [0.25, 0.3) is 0 Å². The molecule has 1 nitrogen and oxygen atoms in total. The van der Waals surface area contributed by atoms with Gasteiger partial charge in [0.1, 0.15) is 0 Å². The molecule has 0 bridgehead atoms. The molecular formula is C5H4F9N. The molecule has 0 aliphatic carbocycles. The largest absolute Gasteiger partial charge is 0.472 e. The van der Waals surface area contributed by atoms with E-state index in [0.717, 1.165) is 0 Å². The molecule has 0 fully saturated rings. The first kappa shape index (κ1) is 14.3. The molecule has 0 aromatic rings. The Bertz CT molecular complexity index is 200. The van der Waals surface area contributed by atoms with Gasteiger partial charge in [-0.3, -0.25) is 0 Å². The summed E-state index contributed by atoms with van der Waals surface area (Å²) in [5.41, 5.74) is 0. The van der Waals surface area contributed by atoms with Gasteiger partial charge in [-0.05, 0) is 6.92 Å². The molecule has 1 atom stereocenters. The third-order valence-corrected chi connectivity index (χ3v) is 1.28. The van der Waals surface area contributed by atoms with Crippen LogP contribution in [0, 0.1) is 0 Å². The zero-order valence-electron chi connectivity index (χ0n) is 6.93. The van der Waals surface area contributed by atoms with E-state index in [1.165, 1.54) is 0 Å². The minimum atomic E-state index is -6.41. The first-order valence-electron chi connectivity index (χ1n) is 3.27. The quantitative estimate of drug-likeness (QED) is 0.536. The van der Waals surface area contributed by atoms with Gasteiger partial charge in [0.15, 0.2) is 6.17 Å². The first-order valence-corrected chi connectivity index (χ1v) is 3.27. The number of nitrogens with zero attached hydrogens (tertiary/aromatic N) is 1. The van der Waals surface area contributed by atoms with Gasteiger partial charge >= 0.3 is 18.6 Å². The molecule has 10 heteroatoms. The second-order valence-electron chi connectivity index (χ2n) is 2.47. The summed E-state index contributed by atoms with van der Waals surface area (Å²) in [6.07, 6.45) is -16.5. The van der Waals surface area contributed by atoms with Crippen molar-refractivity contribution in [2.24, 2.45) is 0 Å². The van der Waals surface area contributed by atoms with Gasteiger partial charge in [0.05, 0.1) is 0 Å². The van der Waals surface area contributed by atoms with Crippen LogP contribution in [0.15, 0.2) is 0 Å². The molecule has 0 aromatic heterocycles. The van der Waals surface area contributed by atoms with Crippen LogP contribution in [-0.2, 0) is 0 Å². The lowest BCUT2D eigenvalue weighted by molar-refractivity contribution is -0.447. The molecule has 1 unspecified atom stereocenters. The van der Waals surface area contributed by atoms with Crippen LogP contribution in [0.5, 0.6) is 0 Å². The average Bonchev–Trinajstić information content (AvgIpc) is 1.76. The summed E-state index contributed by atoms with van der Waals surface area (Å²) in [6.45, 7) is -0.107. The van der Waals surface area contributed by atoms with Crippen LogP contribution in [-0.4, -0.2) is 29.7 Å². The highest BCUT2D eigenvalue weighted by Gasteiger charge is 2.67. The fraction of sp³-hybridized carbons (Fsp3) is 1.00. The second-order valence-corrected chi connectivity index (χ2v) is 2.47. The molecule has 0 spiro atoms. The highest BCUT2D eigenvalue weighted by atomic mass is 19.4. The second kappa shape index (κ2) is 3.72. The molecular weight excluding hydrogens is 245 g/mol. The summed E-state index contributed by atoms with van der Waals surface area (Å²) in [5, 5.41) is 0. The standard InChI is InChI=1S/C5H4F9N/c1-2(6)3(7,8)15(4(9,10)11)5(12,13)14/h2H,1H3. The zero-order chi connectivity index (χ0) is 12.7. The molecule has 15 heavy (non-hydrogen) atoms. The van der Waals surface area contributed by atoms with Gasteiger partial charge in [0.2, 0.25) is 0 Å². The van der Waals surface area contributed by atoms with Gasteiger partial charge in [-0.15, -0.1) is 0 Å². The molecule has 0 rings (SSSR count). The van der Waals surface area contributed by atoms with E-state index in [1.807, 2.05) is 0 Å². The van der Waals surface area contributed by atoms with Crippen LogP contribution < -0.4 is 0 Å². The lowest BCUT2D eigenvalue weighted by Gasteiger charge is -2.33. The van der Waals surface area contributed by atoms with Crippen LogP contribution in [0.25, 0.3) is 0 Å². The average molecular weight is 249 g/mol. The van der Waals surface area contributed by atoms with Crippen molar-refractivity contribution in [2.75, 3.05) is 0 Å². The van der Waals surface area contributed by atoms with Gasteiger partial charge in [-0.2, -0.15) is 35.1 Å². The molecule has 0 saturated heterocycles. The number of halogens is 9. The van der Waals surface area contributed by atoms with Crippen LogP contribution in [0.4, 0.5) is 39.5 Å². The first-order chi connectivity index (χ1) is 6.31. The Balaban J connectivity index is 5.33. The van der Waals surface area contributed by atoms with E-state index in [1.54, 1.807) is 0 Å². The van der Waals surface area contributed by atoms with E-state index in [-0.39, 0.29) is 6.92 Å². The zero-order valence-corrected chi connectivity index (χ0v) is 6.93. The third kappa shape index (κ3) is 3.14. The van der Waals surface area contributed by atoms with Crippen molar-refractivity contribution >= 4 is 0 Å². The minimum Gasteiger partial charge on any atom is -0.239 e. The summed E-state index contributed by atoms with van der Waals surface area (Å²) in [4.78, 5) is -3.07. The van der Waals surface area contributed by atoms with Crippen molar-refractivity contribution in [3.8, 4) is 0 Å². The van der Waals surface area contributed by atoms with Crippen molar-refractivity contribution in [2.45, 2.75) is 31.7 Å². The maximum Gasteiger partial charge on any atom is 0.472 e. The van der Waals surface area contributed by atoms with Crippen LogP contribution in [0.2, 0.25) is 0 Å². The Morgan fingerprint density at radius 1 is 0.800 bits per heavy atom. The highest BCUT2D eigenvalue weighted by molar-refractivity contribution is 4.79. The molecule has 0 amide bonds. The van der Waals surface area contributed by atoms with Crippen molar-refractivity contribution in [1.29, 1.82) is 0 Å². The van der Waals surface area contributed by atoms with Crippen molar-refractivity contribution < 1.29 is 39.5 Å². The van der Waals surface area contributed by atoms with Gasteiger partial charge in [-0.25, -0.2) is 4.39 Å². The van der Waals surface area contributed by atoms with E-state index < -0.39 is 29.7 Å². The van der Waals surface area contributed by atoms with E-state index in [0.29, 0.717) is 0 Å². The Labute approximate surface area is 77.4 Å². The Kier molecular flexibility index (Phi) is 3.56. The van der Waals surface area contributed by atoms with E-state index in [9.17, 15) is 39.5 Å². The minimum absolute atomic E-state index is 0.107. The molecule has 0 aliphatic heterocycles. The number of alkyl halides is 9. The molecule has 0 aliphatic rings. The van der Waals surface area contributed by atoms with Crippen molar-refractivity contribution in [3.63, 3.8) is 0 Å². The van der Waals surface area contributed by atoms with Gasteiger partial charge < -0.3 is 0 Å². The van der Waals surface area contributed by atoms with Crippen LogP contribution in [0.1, 0.15) is 6.92 Å². The van der Waals surface area contributed by atoms with Gasteiger partial charge in [0, 0.05) is 0 Å². The lowest BCUT2D eigenvalue weighted by atomic mass is 10.3. The summed E-state index contributed by atoms with van der Waals surface area (Å²) in [7, 11) is 0. The normalized spacial score (nSPS) is 17.0. The van der Waals surface area contributed by atoms with E-state index >= 15 is 0 Å². The molecule has 0 radical (unpaired) electrons.